The van der Waals surface area contributed by atoms with Crippen LogP contribution in [0.1, 0.15) is 32.6 Å². The van der Waals surface area contributed by atoms with E-state index in [1.807, 2.05) is 13.0 Å². The molecule has 1 unspecified atom stereocenters. The van der Waals surface area contributed by atoms with Crippen molar-refractivity contribution in [1.82, 2.24) is 0 Å². The third-order valence-electron chi connectivity index (χ3n) is 3.31. The normalized spacial score (nSPS) is 16.2. The summed E-state index contributed by atoms with van der Waals surface area (Å²) in [4.78, 5) is 24.5. The number of carbonyl (C=O) groups excluding carboxylic acids is 1. The molecular weight excluding hydrogens is 258 g/mol. The third kappa shape index (κ3) is 3.29. The molecule has 1 saturated heterocycles. The topological polar surface area (TPSA) is 66.8 Å². The van der Waals surface area contributed by atoms with E-state index in [1.54, 1.807) is 23.1 Å². The lowest BCUT2D eigenvalue weighted by Gasteiger charge is -2.18. The van der Waals surface area contributed by atoms with E-state index in [0.717, 1.165) is 18.5 Å². The number of nitrogens with zero attached hydrogens (tertiary/aromatic N) is 1. The van der Waals surface area contributed by atoms with Gasteiger partial charge in [-0.2, -0.15) is 0 Å². The van der Waals surface area contributed by atoms with E-state index in [9.17, 15) is 9.59 Å². The molecule has 0 radical (unpaired) electrons. The van der Waals surface area contributed by atoms with Gasteiger partial charge in [0.1, 0.15) is 5.75 Å². The molecule has 0 aromatic heterocycles. The average Bonchev–Trinajstić information content (AvgIpc) is 2.85. The molecule has 5 heteroatoms. The number of benzene rings is 1. The molecule has 20 heavy (non-hydrogen) atoms. The molecule has 0 bridgehead atoms. The maximum Gasteiger partial charge on any atom is 0.344 e. The zero-order valence-corrected chi connectivity index (χ0v) is 11.5. The standard InChI is InChI=1S/C15H19NO4/c1-2-5-13(15(18)19)20-12-7-3-6-11(10-12)16-9-4-8-14(16)17/h3,6-7,10,13H,2,4-5,8-9H2,1H3,(H,18,19). The molecule has 1 fully saturated rings. The smallest absolute Gasteiger partial charge is 0.344 e. The number of anilines is 1. The summed E-state index contributed by atoms with van der Waals surface area (Å²) in [5.74, 6) is -0.372. The molecule has 0 spiro atoms. The van der Waals surface area contributed by atoms with Crippen molar-refractivity contribution >= 4 is 17.6 Å². The predicted molar refractivity (Wildman–Crippen MR) is 75.0 cm³/mol. The predicted octanol–water partition coefficient (Wildman–Crippen LogP) is 2.45. The van der Waals surface area contributed by atoms with Crippen LogP contribution in [-0.4, -0.2) is 29.6 Å². The van der Waals surface area contributed by atoms with Crippen molar-refractivity contribution in [2.75, 3.05) is 11.4 Å². The fourth-order valence-corrected chi connectivity index (χ4v) is 2.31. The molecule has 1 aliphatic rings. The minimum atomic E-state index is -0.963. The number of rotatable bonds is 6. The van der Waals surface area contributed by atoms with Crippen molar-refractivity contribution < 1.29 is 19.4 Å². The summed E-state index contributed by atoms with van der Waals surface area (Å²) in [7, 11) is 0. The van der Waals surface area contributed by atoms with Crippen molar-refractivity contribution in [3.8, 4) is 5.75 Å². The van der Waals surface area contributed by atoms with E-state index in [4.69, 9.17) is 9.84 Å². The third-order valence-corrected chi connectivity index (χ3v) is 3.31. The summed E-state index contributed by atoms with van der Waals surface area (Å²) in [5, 5.41) is 9.10. The first-order valence-electron chi connectivity index (χ1n) is 6.91. The Balaban J connectivity index is 2.12. The Kier molecular flexibility index (Phi) is 4.61. The van der Waals surface area contributed by atoms with Crippen molar-refractivity contribution in [3.05, 3.63) is 24.3 Å². The lowest BCUT2D eigenvalue weighted by atomic mass is 10.2. The average molecular weight is 277 g/mol. The molecular formula is C15H19NO4. The lowest BCUT2D eigenvalue weighted by Crippen LogP contribution is -2.27. The second-order valence-corrected chi connectivity index (χ2v) is 4.88. The number of ether oxygens (including phenoxy) is 1. The van der Waals surface area contributed by atoms with Gasteiger partial charge in [0.25, 0.3) is 0 Å². The van der Waals surface area contributed by atoms with Crippen LogP contribution in [-0.2, 0) is 9.59 Å². The summed E-state index contributed by atoms with van der Waals surface area (Å²) >= 11 is 0. The van der Waals surface area contributed by atoms with Crippen molar-refractivity contribution in [2.24, 2.45) is 0 Å². The number of hydrogen-bond acceptors (Lipinski definition) is 3. The Morgan fingerprint density at radius 2 is 2.30 bits per heavy atom. The maximum atomic E-state index is 11.7. The lowest BCUT2D eigenvalue weighted by molar-refractivity contribution is -0.145. The first kappa shape index (κ1) is 14.4. The number of aliphatic carboxylic acids is 1. The molecule has 1 aliphatic heterocycles. The van der Waals surface area contributed by atoms with Crippen molar-refractivity contribution in [2.45, 2.75) is 38.7 Å². The molecule has 1 amide bonds. The molecule has 5 nitrogen and oxygen atoms in total. The van der Waals surface area contributed by atoms with Gasteiger partial charge >= 0.3 is 5.97 Å². The number of amides is 1. The minimum absolute atomic E-state index is 0.102. The zero-order valence-electron chi connectivity index (χ0n) is 11.5. The fourth-order valence-electron chi connectivity index (χ4n) is 2.31. The largest absolute Gasteiger partial charge is 0.479 e. The zero-order chi connectivity index (χ0) is 14.5. The number of carbonyl (C=O) groups is 2. The molecule has 108 valence electrons. The van der Waals surface area contributed by atoms with E-state index < -0.39 is 12.1 Å². The maximum absolute atomic E-state index is 11.7. The van der Waals surface area contributed by atoms with Crippen LogP contribution in [0.4, 0.5) is 5.69 Å². The highest BCUT2D eigenvalue weighted by atomic mass is 16.5. The summed E-state index contributed by atoms with van der Waals surface area (Å²) in [5.41, 5.74) is 0.769. The van der Waals surface area contributed by atoms with Gasteiger partial charge in [0, 0.05) is 24.7 Å². The Hall–Kier alpha value is -2.04. The van der Waals surface area contributed by atoms with Gasteiger partial charge in [-0.3, -0.25) is 4.79 Å². The van der Waals surface area contributed by atoms with Gasteiger partial charge in [-0.25, -0.2) is 4.79 Å². The molecule has 0 saturated carbocycles. The summed E-state index contributed by atoms with van der Waals surface area (Å²) in [6.45, 7) is 2.62. The molecule has 1 aromatic rings. The molecule has 1 heterocycles. The van der Waals surface area contributed by atoms with Crippen LogP contribution in [0.3, 0.4) is 0 Å². The summed E-state index contributed by atoms with van der Waals surface area (Å²) < 4.78 is 5.51. The highest BCUT2D eigenvalue weighted by molar-refractivity contribution is 5.95. The van der Waals surface area contributed by atoms with Crippen LogP contribution < -0.4 is 9.64 Å². The number of carboxylic acids is 1. The second-order valence-electron chi connectivity index (χ2n) is 4.88. The van der Waals surface area contributed by atoms with Crippen LogP contribution >= 0.6 is 0 Å². The highest BCUT2D eigenvalue weighted by Crippen LogP contribution is 2.26. The van der Waals surface area contributed by atoms with Crippen molar-refractivity contribution in [3.63, 3.8) is 0 Å². The van der Waals surface area contributed by atoms with E-state index in [1.165, 1.54) is 0 Å². The molecule has 0 aliphatic carbocycles. The first-order chi connectivity index (χ1) is 9.61. The van der Waals surface area contributed by atoms with Gasteiger partial charge in [-0.05, 0) is 25.0 Å². The number of hydrogen-bond donors (Lipinski definition) is 1. The number of carboxylic acid groups (broad SMARTS) is 1. The fraction of sp³-hybridized carbons (Fsp3) is 0.467. The van der Waals surface area contributed by atoms with E-state index >= 15 is 0 Å². The van der Waals surface area contributed by atoms with Crippen LogP contribution in [0.15, 0.2) is 24.3 Å². The Morgan fingerprint density at radius 1 is 1.50 bits per heavy atom. The SMILES string of the molecule is CCCC(Oc1cccc(N2CCCC2=O)c1)C(=O)O. The van der Waals surface area contributed by atoms with Gasteiger partial charge in [-0.1, -0.05) is 19.4 Å². The molecule has 1 aromatic carbocycles. The van der Waals surface area contributed by atoms with Crippen LogP contribution in [0, 0.1) is 0 Å². The Bertz CT molecular complexity index is 500. The van der Waals surface area contributed by atoms with Crippen LogP contribution in [0.25, 0.3) is 0 Å². The van der Waals surface area contributed by atoms with E-state index in [-0.39, 0.29) is 5.91 Å². The van der Waals surface area contributed by atoms with Crippen LogP contribution in [0.2, 0.25) is 0 Å². The van der Waals surface area contributed by atoms with Crippen LogP contribution in [0.5, 0.6) is 5.75 Å². The summed E-state index contributed by atoms with van der Waals surface area (Å²) in [6, 6.07) is 7.07. The second kappa shape index (κ2) is 6.41. The van der Waals surface area contributed by atoms with E-state index in [2.05, 4.69) is 0 Å². The quantitative estimate of drug-likeness (QED) is 0.867. The first-order valence-corrected chi connectivity index (χ1v) is 6.91. The van der Waals surface area contributed by atoms with Gasteiger partial charge < -0.3 is 14.7 Å². The van der Waals surface area contributed by atoms with Gasteiger partial charge in [0.05, 0.1) is 0 Å². The van der Waals surface area contributed by atoms with Gasteiger partial charge in [0.2, 0.25) is 5.91 Å². The highest BCUT2D eigenvalue weighted by Gasteiger charge is 2.23. The van der Waals surface area contributed by atoms with Crippen molar-refractivity contribution in [1.29, 1.82) is 0 Å². The van der Waals surface area contributed by atoms with E-state index in [0.29, 0.717) is 25.1 Å². The summed E-state index contributed by atoms with van der Waals surface area (Å²) in [6.07, 6.45) is 1.78. The minimum Gasteiger partial charge on any atom is -0.479 e. The van der Waals surface area contributed by atoms with Gasteiger partial charge in [0.15, 0.2) is 6.10 Å². The Labute approximate surface area is 118 Å². The monoisotopic (exact) mass is 277 g/mol. The molecule has 1 atom stereocenters. The van der Waals surface area contributed by atoms with Gasteiger partial charge in [-0.15, -0.1) is 0 Å². The molecule has 2 rings (SSSR count). The molecule has 1 N–H and O–H groups in total. The Morgan fingerprint density at radius 3 is 2.90 bits per heavy atom.